The van der Waals surface area contributed by atoms with Crippen LogP contribution in [0, 0.1) is 11.8 Å². The van der Waals surface area contributed by atoms with Crippen molar-refractivity contribution >= 4 is 23.2 Å². The number of rotatable bonds is 5. The van der Waals surface area contributed by atoms with E-state index in [4.69, 9.17) is 5.73 Å². The van der Waals surface area contributed by atoms with Crippen molar-refractivity contribution in [1.29, 1.82) is 0 Å². The first kappa shape index (κ1) is 27.2. The van der Waals surface area contributed by atoms with Gasteiger partial charge in [0.25, 0.3) is 5.91 Å². The number of amides is 1. The second-order valence-electron chi connectivity index (χ2n) is 11.6. The molecule has 1 aliphatic heterocycles. The van der Waals surface area contributed by atoms with Gasteiger partial charge in [0, 0.05) is 37.8 Å². The first-order valence-electron chi connectivity index (χ1n) is 13.2. The van der Waals surface area contributed by atoms with Crippen LogP contribution >= 0.6 is 0 Å². The number of phenols is 1. The first-order chi connectivity index (χ1) is 18.3. The molecule has 11 nitrogen and oxygen atoms in total. The maximum atomic E-state index is 13.9. The van der Waals surface area contributed by atoms with Crippen molar-refractivity contribution in [1.82, 2.24) is 9.80 Å². The number of likely N-dealkylation sites (tertiary alicyclic amines) is 1. The van der Waals surface area contributed by atoms with E-state index >= 15 is 0 Å². The van der Waals surface area contributed by atoms with E-state index in [1.165, 1.54) is 0 Å². The Bertz CT molecular complexity index is 1340. The minimum atomic E-state index is -2.64. The lowest BCUT2D eigenvalue weighted by molar-refractivity contribution is -0.148. The number of benzene rings is 1. The average Bonchev–Trinajstić information content (AvgIpc) is 3.33. The molecule has 1 aromatic rings. The van der Waals surface area contributed by atoms with Crippen molar-refractivity contribution in [2.75, 3.05) is 46.2 Å². The maximum absolute atomic E-state index is 13.9. The molecule has 0 unspecified atom stereocenters. The highest BCUT2D eigenvalue weighted by Gasteiger charge is 2.63. The number of fused-ring (bicyclic) bond motifs is 3. The topological polar surface area (TPSA) is 168 Å². The molecule has 1 heterocycles. The van der Waals surface area contributed by atoms with Gasteiger partial charge in [0.2, 0.25) is 5.78 Å². The number of carbonyl (C=O) groups is 3. The van der Waals surface area contributed by atoms with Crippen LogP contribution in [0.25, 0.3) is 0 Å². The number of allylic oxidation sites excluding steroid dienone is 1. The normalized spacial score (nSPS) is 29.0. The molecule has 1 aromatic carbocycles. The van der Waals surface area contributed by atoms with E-state index in [9.17, 15) is 34.8 Å². The lowest BCUT2D eigenvalue weighted by Crippen LogP contribution is -2.63. The number of likely N-dealkylation sites (N-methyl/N-ethyl adjacent to an activating group) is 1. The van der Waals surface area contributed by atoms with Crippen LogP contribution in [-0.4, -0.2) is 101 Å². The van der Waals surface area contributed by atoms with Gasteiger partial charge in [-0.15, -0.1) is 0 Å². The van der Waals surface area contributed by atoms with E-state index in [0.717, 1.165) is 37.2 Å². The van der Waals surface area contributed by atoms with Crippen LogP contribution in [0.4, 0.5) is 5.69 Å². The van der Waals surface area contributed by atoms with E-state index in [0.29, 0.717) is 12.1 Å². The molecule has 6 N–H and O–H groups in total. The lowest BCUT2D eigenvalue weighted by Gasteiger charge is -2.50. The Labute approximate surface area is 226 Å². The molecule has 210 valence electrons. The third-order valence-corrected chi connectivity index (χ3v) is 8.81. The Hall–Kier alpha value is -3.41. The quantitative estimate of drug-likeness (QED) is 0.337. The third-order valence-electron chi connectivity index (χ3n) is 8.81. The highest BCUT2D eigenvalue weighted by Crippen LogP contribution is 2.53. The van der Waals surface area contributed by atoms with Gasteiger partial charge in [-0.25, -0.2) is 0 Å². The lowest BCUT2D eigenvalue weighted by atomic mass is 9.58. The molecular weight excluding hydrogens is 504 g/mol. The average molecular weight is 541 g/mol. The van der Waals surface area contributed by atoms with Gasteiger partial charge < -0.3 is 31.1 Å². The van der Waals surface area contributed by atoms with Crippen molar-refractivity contribution in [2.45, 2.75) is 43.9 Å². The van der Waals surface area contributed by atoms with E-state index in [1.54, 1.807) is 25.1 Å². The Morgan fingerprint density at radius 1 is 1.13 bits per heavy atom. The third kappa shape index (κ3) is 3.86. The number of Topliss-reactive ketones (excluding diaryl/α,β-unsaturated/α-hetero) is 2. The second kappa shape index (κ2) is 9.35. The van der Waals surface area contributed by atoms with Gasteiger partial charge in [0.1, 0.15) is 22.8 Å². The first-order valence-corrected chi connectivity index (χ1v) is 13.2. The van der Waals surface area contributed by atoms with Crippen molar-refractivity contribution in [3.8, 4) is 5.75 Å². The standard InChI is InChI=1S/C28H36N4O7/c1-30(2)21-14(12-32-7-5-6-8-32)11-17(33)19-15(21)9-13-10-16-22(31(3)4)24(35)20(27(29)38)26(37)28(16,39)25(36)18(13)23(19)34/h11,13,16,22,33,35-36,39H,5-10,12H2,1-4H3,(H2,29,38)/t13-,16-,22-,28-/m0/s1. The van der Waals surface area contributed by atoms with Crippen molar-refractivity contribution in [2.24, 2.45) is 17.6 Å². The molecule has 4 atom stereocenters. The summed E-state index contributed by atoms with van der Waals surface area (Å²) in [6.45, 7) is 2.53. The zero-order valence-corrected chi connectivity index (χ0v) is 22.7. The fourth-order valence-corrected chi connectivity index (χ4v) is 7.23. The Kier molecular flexibility index (Phi) is 6.52. The smallest absolute Gasteiger partial charge is 0.255 e. The molecule has 0 radical (unpaired) electrons. The number of aliphatic hydroxyl groups excluding tert-OH is 2. The molecule has 39 heavy (non-hydrogen) atoms. The predicted octanol–water partition coefficient (Wildman–Crippen LogP) is 0.782. The number of nitrogens with zero attached hydrogens (tertiary/aromatic N) is 3. The molecule has 0 spiro atoms. The van der Waals surface area contributed by atoms with E-state index in [2.05, 4.69) is 4.90 Å². The van der Waals surface area contributed by atoms with Gasteiger partial charge in [0.15, 0.2) is 11.4 Å². The van der Waals surface area contributed by atoms with Crippen LogP contribution in [0.2, 0.25) is 0 Å². The summed E-state index contributed by atoms with van der Waals surface area (Å²) in [5.41, 5.74) is 4.17. The van der Waals surface area contributed by atoms with Gasteiger partial charge in [-0.2, -0.15) is 0 Å². The summed E-state index contributed by atoms with van der Waals surface area (Å²) in [4.78, 5) is 45.2. The summed E-state index contributed by atoms with van der Waals surface area (Å²) in [5.74, 6) is -6.46. The monoisotopic (exact) mass is 540 g/mol. The number of anilines is 1. The molecule has 1 fully saturated rings. The number of phenolic OH excluding ortho intramolecular Hbond substituents is 1. The summed E-state index contributed by atoms with van der Waals surface area (Å²) < 4.78 is 0. The van der Waals surface area contributed by atoms with E-state index < -0.39 is 58.0 Å². The molecule has 3 aliphatic carbocycles. The number of nitrogens with two attached hydrogens (primary N) is 1. The molecule has 11 heteroatoms. The van der Waals surface area contributed by atoms with Crippen LogP contribution in [-0.2, 0) is 22.6 Å². The number of hydrogen-bond acceptors (Lipinski definition) is 10. The molecular formula is C28H36N4O7. The SMILES string of the molecule is CN(C)c1c(CN2CCCC2)cc(O)c2c1C[C@H]1C[C@H]3[C@H](N(C)C)C(O)=C(C(N)=O)C(=O)[C@@]3(O)C(O)=C1C2=O. The largest absolute Gasteiger partial charge is 0.510 e. The van der Waals surface area contributed by atoms with Crippen LogP contribution in [0.5, 0.6) is 5.75 Å². The van der Waals surface area contributed by atoms with E-state index in [1.807, 2.05) is 19.0 Å². The van der Waals surface area contributed by atoms with Crippen LogP contribution < -0.4 is 10.6 Å². The van der Waals surface area contributed by atoms with Gasteiger partial charge >= 0.3 is 0 Å². The summed E-state index contributed by atoms with van der Waals surface area (Å²) >= 11 is 0. The molecule has 0 saturated carbocycles. The Balaban J connectivity index is 1.68. The van der Waals surface area contributed by atoms with Gasteiger partial charge in [-0.3, -0.25) is 24.2 Å². The second-order valence-corrected chi connectivity index (χ2v) is 11.6. The van der Waals surface area contributed by atoms with Crippen LogP contribution in [0.3, 0.4) is 0 Å². The van der Waals surface area contributed by atoms with Crippen LogP contribution in [0.15, 0.2) is 28.7 Å². The fraction of sp³-hybridized carbons (Fsp3) is 0.536. The number of ketones is 2. The van der Waals surface area contributed by atoms with Crippen molar-refractivity contribution < 1.29 is 34.8 Å². The summed E-state index contributed by atoms with van der Waals surface area (Å²) in [7, 11) is 6.98. The molecule has 5 rings (SSSR count). The highest BCUT2D eigenvalue weighted by molar-refractivity contribution is 6.24. The summed E-state index contributed by atoms with van der Waals surface area (Å²) in [6, 6.07) is 0.571. The number of carbonyl (C=O) groups excluding carboxylic acids is 3. The van der Waals surface area contributed by atoms with Crippen molar-refractivity contribution in [3.05, 3.63) is 45.4 Å². The van der Waals surface area contributed by atoms with Crippen LogP contribution in [0.1, 0.15) is 40.7 Å². The van der Waals surface area contributed by atoms with Crippen molar-refractivity contribution in [3.63, 3.8) is 0 Å². The number of primary amides is 1. The Morgan fingerprint density at radius 3 is 2.33 bits per heavy atom. The molecule has 4 aliphatic rings. The van der Waals surface area contributed by atoms with Gasteiger partial charge in [-0.05, 0) is 76.0 Å². The molecule has 0 aromatic heterocycles. The number of aromatic hydroxyl groups is 1. The molecule has 1 saturated heterocycles. The zero-order chi connectivity index (χ0) is 28.5. The molecule has 1 amide bonds. The van der Waals surface area contributed by atoms with E-state index in [-0.39, 0.29) is 29.7 Å². The fourth-order valence-electron chi connectivity index (χ4n) is 7.23. The number of aliphatic hydroxyl groups is 3. The summed E-state index contributed by atoms with van der Waals surface area (Å²) in [5, 5.41) is 45.2. The van der Waals surface area contributed by atoms with Gasteiger partial charge in [0.05, 0.1) is 11.6 Å². The van der Waals surface area contributed by atoms with Gasteiger partial charge in [-0.1, -0.05) is 0 Å². The number of hydrogen-bond donors (Lipinski definition) is 5. The molecule has 0 bridgehead atoms. The minimum Gasteiger partial charge on any atom is -0.510 e. The summed E-state index contributed by atoms with van der Waals surface area (Å²) in [6.07, 6.45) is 2.55. The maximum Gasteiger partial charge on any atom is 0.255 e. The predicted molar refractivity (Wildman–Crippen MR) is 143 cm³/mol. The minimum absolute atomic E-state index is 0.0321. The Morgan fingerprint density at radius 2 is 1.77 bits per heavy atom. The zero-order valence-electron chi connectivity index (χ0n) is 22.7. The highest BCUT2D eigenvalue weighted by atomic mass is 16.3.